The van der Waals surface area contributed by atoms with E-state index in [1.807, 2.05) is 0 Å². The van der Waals surface area contributed by atoms with Crippen molar-refractivity contribution in [3.63, 3.8) is 0 Å². The van der Waals surface area contributed by atoms with Crippen molar-refractivity contribution >= 4 is 21.8 Å². The van der Waals surface area contributed by atoms with Crippen LogP contribution in [0.4, 0.5) is 0 Å². The SMILES string of the molecule is C[C@@H]1CCCN(C(=O)CC23C[C@H]4C[C@@H](CC(Br)(C4)C2)C3)C1. The summed E-state index contributed by atoms with van der Waals surface area (Å²) in [6.07, 6.45) is 11.4. The molecule has 1 saturated heterocycles. The lowest BCUT2D eigenvalue weighted by Gasteiger charge is -2.60. The van der Waals surface area contributed by atoms with E-state index in [2.05, 4.69) is 27.8 Å². The van der Waals surface area contributed by atoms with E-state index in [0.717, 1.165) is 31.3 Å². The molecule has 0 aromatic carbocycles. The lowest BCUT2D eigenvalue weighted by molar-refractivity contribution is -0.140. The number of carbonyl (C=O) groups is 1. The first kappa shape index (κ1) is 14.5. The Balaban J connectivity index is 1.47. The number of hydrogen-bond acceptors (Lipinski definition) is 1. The normalized spacial score (nSPS) is 48.7. The fourth-order valence-corrected chi connectivity index (χ4v) is 7.90. The number of alkyl halides is 1. The molecule has 3 heteroatoms. The largest absolute Gasteiger partial charge is 0.342 e. The average molecular weight is 354 g/mol. The number of nitrogens with zero attached hydrogens (tertiary/aromatic N) is 1. The van der Waals surface area contributed by atoms with Crippen molar-refractivity contribution in [1.82, 2.24) is 4.90 Å². The quantitative estimate of drug-likeness (QED) is 0.675. The molecule has 2 nitrogen and oxygen atoms in total. The molecule has 5 aliphatic rings. The molecule has 0 unspecified atom stereocenters. The molecule has 4 bridgehead atoms. The van der Waals surface area contributed by atoms with E-state index in [9.17, 15) is 4.79 Å². The van der Waals surface area contributed by atoms with Crippen LogP contribution in [0.5, 0.6) is 0 Å². The van der Waals surface area contributed by atoms with Crippen molar-refractivity contribution in [2.24, 2.45) is 23.2 Å². The topological polar surface area (TPSA) is 20.3 Å². The van der Waals surface area contributed by atoms with E-state index in [1.54, 1.807) is 0 Å². The van der Waals surface area contributed by atoms with Gasteiger partial charge in [-0.25, -0.2) is 0 Å². The van der Waals surface area contributed by atoms with Crippen molar-refractivity contribution < 1.29 is 4.79 Å². The Labute approximate surface area is 137 Å². The Morgan fingerprint density at radius 1 is 1.24 bits per heavy atom. The van der Waals surface area contributed by atoms with Gasteiger partial charge in [-0.05, 0) is 74.5 Å². The van der Waals surface area contributed by atoms with Crippen molar-refractivity contribution in [2.45, 2.75) is 69.0 Å². The Bertz CT molecular complexity index is 434. The molecule has 1 aliphatic heterocycles. The monoisotopic (exact) mass is 353 g/mol. The molecule has 0 N–H and O–H groups in total. The Morgan fingerprint density at radius 3 is 2.57 bits per heavy atom. The van der Waals surface area contributed by atoms with Crippen LogP contribution in [0.2, 0.25) is 0 Å². The number of rotatable bonds is 2. The zero-order chi connectivity index (χ0) is 14.7. The van der Waals surface area contributed by atoms with Gasteiger partial charge < -0.3 is 4.90 Å². The zero-order valence-electron chi connectivity index (χ0n) is 13.2. The van der Waals surface area contributed by atoms with Crippen LogP contribution in [-0.4, -0.2) is 28.2 Å². The van der Waals surface area contributed by atoms with Crippen LogP contribution in [0.1, 0.15) is 64.7 Å². The number of piperidine rings is 1. The zero-order valence-corrected chi connectivity index (χ0v) is 14.8. The third-order valence-electron chi connectivity index (χ3n) is 6.65. The summed E-state index contributed by atoms with van der Waals surface area (Å²) >= 11 is 4.06. The van der Waals surface area contributed by atoms with Gasteiger partial charge in [-0.2, -0.15) is 0 Å². The maximum Gasteiger partial charge on any atom is 0.223 e. The van der Waals surface area contributed by atoms with E-state index in [0.29, 0.717) is 21.6 Å². The van der Waals surface area contributed by atoms with Crippen LogP contribution < -0.4 is 0 Å². The van der Waals surface area contributed by atoms with Gasteiger partial charge in [0.15, 0.2) is 0 Å². The van der Waals surface area contributed by atoms with E-state index in [1.165, 1.54) is 51.4 Å². The highest BCUT2D eigenvalue weighted by Gasteiger charge is 2.57. The molecule has 0 radical (unpaired) electrons. The molecule has 0 spiro atoms. The van der Waals surface area contributed by atoms with E-state index >= 15 is 0 Å². The van der Waals surface area contributed by atoms with Crippen molar-refractivity contribution in [1.29, 1.82) is 0 Å². The number of carbonyl (C=O) groups excluding carboxylic acids is 1. The second-order valence-corrected chi connectivity index (χ2v) is 10.6. The highest BCUT2D eigenvalue weighted by atomic mass is 79.9. The van der Waals surface area contributed by atoms with Crippen LogP contribution in [0.15, 0.2) is 0 Å². The van der Waals surface area contributed by atoms with Crippen LogP contribution in [-0.2, 0) is 4.79 Å². The number of halogens is 1. The Hall–Kier alpha value is -0.0500. The summed E-state index contributed by atoms with van der Waals surface area (Å²) in [5.74, 6) is 2.93. The molecule has 1 amide bonds. The molecule has 118 valence electrons. The summed E-state index contributed by atoms with van der Waals surface area (Å²) in [7, 11) is 0. The van der Waals surface area contributed by atoms with E-state index in [4.69, 9.17) is 0 Å². The fourth-order valence-electron chi connectivity index (χ4n) is 6.39. The fraction of sp³-hybridized carbons (Fsp3) is 0.944. The molecule has 1 heterocycles. The second-order valence-electron chi connectivity index (χ2n) is 8.88. The number of likely N-dealkylation sites (tertiary alicyclic amines) is 1. The first-order chi connectivity index (χ1) is 9.95. The minimum atomic E-state index is 0.339. The predicted molar refractivity (Wildman–Crippen MR) is 88.4 cm³/mol. The summed E-state index contributed by atoms with van der Waals surface area (Å²) in [5.41, 5.74) is 0.339. The van der Waals surface area contributed by atoms with Gasteiger partial charge in [-0.3, -0.25) is 4.79 Å². The van der Waals surface area contributed by atoms with Crippen LogP contribution >= 0.6 is 15.9 Å². The third kappa shape index (κ3) is 2.68. The Kier molecular flexibility index (Phi) is 3.44. The molecule has 5 rings (SSSR count). The smallest absolute Gasteiger partial charge is 0.223 e. The maximum absolute atomic E-state index is 12.8. The molecule has 21 heavy (non-hydrogen) atoms. The standard InChI is InChI=1S/C18H28BrNO/c1-13-3-2-4-20(11-13)16(21)10-17-6-14-5-15(7-17)9-18(19,8-14)12-17/h13-15H,2-12H2,1H3/t13-,14-,15-,17?,18?/m1/s1. The van der Waals surface area contributed by atoms with Crippen LogP contribution in [0, 0.1) is 23.2 Å². The average Bonchev–Trinajstić information content (AvgIpc) is 2.34. The van der Waals surface area contributed by atoms with E-state index in [-0.39, 0.29) is 0 Å². The lowest BCUT2D eigenvalue weighted by atomic mass is 9.48. The highest BCUT2D eigenvalue weighted by molar-refractivity contribution is 9.10. The second kappa shape index (κ2) is 4.97. The van der Waals surface area contributed by atoms with Crippen LogP contribution in [0.25, 0.3) is 0 Å². The number of hydrogen-bond donors (Lipinski definition) is 0. The summed E-state index contributed by atoms with van der Waals surface area (Å²) in [5, 5.41) is 0. The minimum absolute atomic E-state index is 0.339. The summed E-state index contributed by atoms with van der Waals surface area (Å²) < 4.78 is 0.382. The van der Waals surface area contributed by atoms with Crippen LogP contribution in [0.3, 0.4) is 0 Å². The number of amides is 1. The Morgan fingerprint density at radius 2 is 1.95 bits per heavy atom. The van der Waals surface area contributed by atoms with Gasteiger partial charge in [0, 0.05) is 23.8 Å². The van der Waals surface area contributed by atoms with E-state index < -0.39 is 0 Å². The molecular formula is C18H28BrNO. The molecule has 3 atom stereocenters. The van der Waals surface area contributed by atoms with Crippen molar-refractivity contribution in [2.75, 3.05) is 13.1 Å². The van der Waals surface area contributed by atoms with Crippen molar-refractivity contribution in [3.05, 3.63) is 0 Å². The molecule has 4 saturated carbocycles. The van der Waals surface area contributed by atoms with Gasteiger partial charge in [0.2, 0.25) is 5.91 Å². The molecule has 4 aliphatic carbocycles. The first-order valence-electron chi connectivity index (χ1n) is 8.92. The molecule has 5 fully saturated rings. The predicted octanol–water partition coefficient (Wildman–Crippen LogP) is 4.37. The maximum atomic E-state index is 12.8. The van der Waals surface area contributed by atoms with Gasteiger partial charge >= 0.3 is 0 Å². The molecule has 0 aromatic rings. The summed E-state index contributed by atoms with van der Waals surface area (Å²) in [6.45, 7) is 4.30. The first-order valence-corrected chi connectivity index (χ1v) is 9.71. The molecular weight excluding hydrogens is 326 g/mol. The summed E-state index contributed by atoms with van der Waals surface area (Å²) in [4.78, 5) is 15.0. The van der Waals surface area contributed by atoms with Gasteiger partial charge in [0.1, 0.15) is 0 Å². The van der Waals surface area contributed by atoms with Gasteiger partial charge in [0.25, 0.3) is 0 Å². The van der Waals surface area contributed by atoms with Gasteiger partial charge in [0.05, 0.1) is 0 Å². The van der Waals surface area contributed by atoms with Crippen molar-refractivity contribution in [3.8, 4) is 0 Å². The van der Waals surface area contributed by atoms with Gasteiger partial charge in [-0.1, -0.05) is 22.9 Å². The minimum Gasteiger partial charge on any atom is -0.342 e. The van der Waals surface area contributed by atoms with Gasteiger partial charge in [-0.15, -0.1) is 0 Å². The molecule has 0 aromatic heterocycles. The third-order valence-corrected chi connectivity index (χ3v) is 7.57. The summed E-state index contributed by atoms with van der Waals surface area (Å²) in [6, 6.07) is 0. The lowest BCUT2D eigenvalue weighted by Crippen LogP contribution is -2.54. The highest BCUT2D eigenvalue weighted by Crippen LogP contribution is 2.65.